The van der Waals surface area contributed by atoms with E-state index in [2.05, 4.69) is 40.1 Å². The van der Waals surface area contributed by atoms with Crippen molar-refractivity contribution in [3.63, 3.8) is 0 Å². The van der Waals surface area contributed by atoms with E-state index in [-0.39, 0.29) is 5.41 Å². The van der Waals surface area contributed by atoms with Crippen LogP contribution in [0.25, 0.3) is 11.5 Å². The van der Waals surface area contributed by atoms with Crippen LogP contribution in [0.2, 0.25) is 4.47 Å². The topological polar surface area (TPSA) is 51.6 Å². The Morgan fingerprint density at radius 1 is 1.29 bits per heavy atom. The monoisotopic (exact) mass is 268 g/mol. The van der Waals surface area contributed by atoms with Gasteiger partial charge in [0.1, 0.15) is 5.69 Å². The first-order valence-corrected chi connectivity index (χ1v) is 6.50. The third kappa shape index (κ3) is 2.61. The van der Waals surface area contributed by atoms with E-state index in [4.69, 9.17) is 11.6 Å². The summed E-state index contributed by atoms with van der Waals surface area (Å²) < 4.78 is 4.51. The van der Waals surface area contributed by atoms with Crippen molar-refractivity contribution in [2.75, 3.05) is 0 Å². The summed E-state index contributed by atoms with van der Waals surface area (Å²) in [5.41, 5.74) is 1.67. The Labute approximate surface area is 109 Å². The lowest BCUT2D eigenvalue weighted by molar-refractivity contribution is 0.488. The Morgan fingerprint density at radius 2 is 2.06 bits per heavy atom. The van der Waals surface area contributed by atoms with Gasteiger partial charge in [0, 0.05) is 11.6 Å². The lowest BCUT2D eigenvalue weighted by Crippen LogP contribution is -2.17. The van der Waals surface area contributed by atoms with Crippen LogP contribution in [0.1, 0.15) is 32.9 Å². The minimum atomic E-state index is 0.0404. The minimum Gasteiger partial charge on any atom is -0.257 e. The number of halogens is 1. The molecule has 2 rings (SSSR count). The average molecular weight is 269 g/mol. The highest BCUT2D eigenvalue weighted by Crippen LogP contribution is 2.25. The van der Waals surface area contributed by atoms with Crippen molar-refractivity contribution in [2.24, 2.45) is 0 Å². The van der Waals surface area contributed by atoms with Crippen molar-refractivity contribution in [1.82, 2.24) is 19.3 Å². The van der Waals surface area contributed by atoms with Gasteiger partial charge in [-0.05, 0) is 29.6 Å². The van der Waals surface area contributed by atoms with Crippen molar-refractivity contribution in [3.05, 3.63) is 22.6 Å². The first kappa shape index (κ1) is 12.4. The van der Waals surface area contributed by atoms with E-state index in [1.54, 1.807) is 12.4 Å². The van der Waals surface area contributed by atoms with Crippen molar-refractivity contribution in [3.8, 4) is 11.5 Å². The minimum absolute atomic E-state index is 0.0404. The maximum absolute atomic E-state index is 5.73. The van der Waals surface area contributed by atoms with Crippen molar-refractivity contribution in [1.29, 1.82) is 0 Å². The fourth-order valence-corrected chi connectivity index (χ4v) is 1.89. The molecular weight excluding hydrogens is 256 g/mol. The van der Waals surface area contributed by atoms with Crippen LogP contribution < -0.4 is 0 Å². The molecule has 0 aliphatic carbocycles. The Morgan fingerprint density at radius 3 is 2.53 bits per heavy atom. The van der Waals surface area contributed by atoms with E-state index >= 15 is 0 Å². The zero-order valence-corrected chi connectivity index (χ0v) is 11.5. The number of rotatable bonds is 3. The highest BCUT2D eigenvalue weighted by atomic mass is 35.5. The summed E-state index contributed by atoms with van der Waals surface area (Å²) >= 11 is 6.88. The number of aromatic nitrogens is 4. The molecular formula is C11H13ClN4S. The molecule has 0 amide bonds. The van der Waals surface area contributed by atoms with Crippen LogP contribution >= 0.6 is 23.1 Å². The van der Waals surface area contributed by atoms with Crippen molar-refractivity contribution >= 4 is 23.1 Å². The van der Waals surface area contributed by atoms with E-state index in [1.165, 1.54) is 0 Å². The van der Waals surface area contributed by atoms with E-state index in [0.717, 1.165) is 23.6 Å². The summed E-state index contributed by atoms with van der Waals surface area (Å²) in [6.07, 6.45) is 4.50. The molecule has 0 fully saturated rings. The normalized spacial score (nSPS) is 11.8. The van der Waals surface area contributed by atoms with Gasteiger partial charge in [-0.2, -0.15) is 4.37 Å². The quantitative estimate of drug-likeness (QED) is 0.857. The summed E-state index contributed by atoms with van der Waals surface area (Å²) in [6.45, 7) is 6.43. The highest BCUT2D eigenvalue weighted by Gasteiger charge is 2.20. The average Bonchev–Trinajstić information content (AvgIpc) is 2.76. The zero-order chi connectivity index (χ0) is 12.5. The largest absolute Gasteiger partial charge is 0.257 e. The summed E-state index contributed by atoms with van der Waals surface area (Å²) in [4.78, 5) is 12.8. The van der Waals surface area contributed by atoms with Crippen molar-refractivity contribution in [2.45, 2.75) is 32.6 Å². The first-order valence-electron chi connectivity index (χ1n) is 5.35. The molecule has 0 radical (unpaired) electrons. The fourth-order valence-electron chi connectivity index (χ4n) is 1.28. The van der Waals surface area contributed by atoms with Gasteiger partial charge in [0.05, 0.1) is 11.9 Å². The van der Waals surface area contributed by atoms with E-state index < -0.39 is 0 Å². The molecule has 0 unspecified atom stereocenters. The maximum atomic E-state index is 5.73. The second kappa shape index (κ2) is 4.66. The van der Waals surface area contributed by atoms with Gasteiger partial charge in [-0.3, -0.25) is 4.98 Å². The van der Waals surface area contributed by atoms with Crippen LogP contribution in [-0.2, 0) is 5.41 Å². The number of nitrogens with zero attached hydrogens (tertiary/aromatic N) is 4. The van der Waals surface area contributed by atoms with Crippen LogP contribution in [0.3, 0.4) is 0 Å². The van der Waals surface area contributed by atoms with Crippen LogP contribution in [0, 0.1) is 0 Å². The molecule has 2 aromatic rings. The third-order valence-corrected chi connectivity index (χ3v) is 3.66. The lowest BCUT2D eigenvalue weighted by Gasteiger charge is -2.21. The molecule has 0 spiro atoms. The summed E-state index contributed by atoms with van der Waals surface area (Å²) in [7, 11) is 0. The Balaban J connectivity index is 2.30. The molecule has 0 aromatic carbocycles. The Hall–Kier alpha value is -1.07. The van der Waals surface area contributed by atoms with Gasteiger partial charge in [0.2, 0.25) is 4.47 Å². The Kier molecular flexibility index (Phi) is 3.40. The van der Waals surface area contributed by atoms with Gasteiger partial charge in [-0.1, -0.05) is 20.8 Å². The Bertz CT molecular complexity index is 506. The predicted molar refractivity (Wildman–Crippen MR) is 69.3 cm³/mol. The first-order chi connectivity index (χ1) is 8.03. The standard InChI is InChI=1S/C11H13ClN4S/c1-4-11(2,3)8-6-13-7(5-14-8)9-15-10(12)17-16-9/h5-6H,4H2,1-3H3. The fraction of sp³-hybridized carbons (Fsp3) is 0.455. The lowest BCUT2D eigenvalue weighted by atomic mass is 9.87. The van der Waals surface area contributed by atoms with E-state index in [9.17, 15) is 0 Å². The molecule has 0 saturated heterocycles. The van der Waals surface area contributed by atoms with Crippen LogP contribution in [0.5, 0.6) is 0 Å². The second-order valence-electron chi connectivity index (χ2n) is 4.40. The maximum Gasteiger partial charge on any atom is 0.203 e. The molecule has 2 heterocycles. The molecule has 90 valence electrons. The molecule has 0 atom stereocenters. The molecule has 0 saturated carbocycles. The summed E-state index contributed by atoms with van der Waals surface area (Å²) in [5, 5.41) is 0. The van der Waals surface area contributed by atoms with Gasteiger partial charge in [-0.25, -0.2) is 9.97 Å². The highest BCUT2D eigenvalue weighted by molar-refractivity contribution is 7.10. The SMILES string of the molecule is CCC(C)(C)c1cnc(-c2nsc(Cl)n2)cn1. The summed E-state index contributed by atoms with van der Waals surface area (Å²) in [5.74, 6) is 0.536. The third-order valence-electron chi connectivity index (χ3n) is 2.86. The molecule has 0 N–H and O–H groups in total. The van der Waals surface area contributed by atoms with Crippen LogP contribution in [0.4, 0.5) is 0 Å². The predicted octanol–water partition coefficient (Wildman–Crippen LogP) is 3.34. The smallest absolute Gasteiger partial charge is 0.203 e. The molecule has 0 bridgehead atoms. The molecule has 17 heavy (non-hydrogen) atoms. The zero-order valence-electron chi connectivity index (χ0n) is 9.94. The van der Waals surface area contributed by atoms with Gasteiger partial charge < -0.3 is 0 Å². The number of hydrogen-bond donors (Lipinski definition) is 0. The van der Waals surface area contributed by atoms with E-state index in [1.807, 2.05) is 0 Å². The molecule has 2 aromatic heterocycles. The van der Waals surface area contributed by atoms with Gasteiger partial charge in [-0.15, -0.1) is 0 Å². The van der Waals surface area contributed by atoms with Crippen molar-refractivity contribution < 1.29 is 0 Å². The van der Waals surface area contributed by atoms with Gasteiger partial charge in [0.15, 0.2) is 5.82 Å². The van der Waals surface area contributed by atoms with Gasteiger partial charge >= 0.3 is 0 Å². The summed E-state index contributed by atoms with van der Waals surface area (Å²) in [6, 6.07) is 0. The van der Waals surface area contributed by atoms with Crippen LogP contribution in [-0.4, -0.2) is 19.3 Å². The molecule has 0 aliphatic rings. The molecule has 0 aliphatic heterocycles. The molecule has 6 heteroatoms. The van der Waals surface area contributed by atoms with E-state index in [0.29, 0.717) is 16.0 Å². The number of hydrogen-bond acceptors (Lipinski definition) is 5. The molecule has 4 nitrogen and oxygen atoms in total. The van der Waals surface area contributed by atoms with Gasteiger partial charge in [0.25, 0.3) is 0 Å². The van der Waals surface area contributed by atoms with Crippen LogP contribution in [0.15, 0.2) is 12.4 Å². The second-order valence-corrected chi connectivity index (χ2v) is 5.73.